The fraction of sp³-hybridized carbons (Fsp3) is 0.286. The summed E-state index contributed by atoms with van der Waals surface area (Å²) < 4.78 is 7.08. The largest absolute Gasteiger partial charge is 0.465 e. The molecular formula is C21H22N4O2S. The molecule has 3 heterocycles. The first kappa shape index (κ1) is 18.4. The van der Waals surface area contributed by atoms with Crippen LogP contribution in [0.1, 0.15) is 40.8 Å². The molecule has 2 N–H and O–H groups in total. The number of nitrogens with two attached hydrogens (primary N) is 1. The number of carbonyl (C=O) groups is 1. The van der Waals surface area contributed by atoms with Gasteiger partial charge in [0.2, 0.25) is 0 Å². The zero-order valence-corrected chi connectivity index (χ0v) is 16.8. The Morgan fingerprint density at radius 1 is 1.29 bits per heavy atom. The molecule has 0 spiro atoms. The molecule has 0 aliphatic heterocycles. The third-order valence-corrected chi connectivity index (χ3v) is 5.71. The van der Waals surface area contributed by atoms with Crippen LogP contribution in [-0.2, 0) is 17.7 Å². The van der Waals surface area contributed by atoms with Crippen LogP contribution >= 0.6 is 11.3 Å². The number of unbranched alkanes of at least 4 members (excludes halogenated alkanes) is 1. The van der Waals surface area contributed by atoms with E-state index in [-0.39, 0.29) is 0 Å². The molecule has 0 aliphatic carbocycles. The van der Waals surface area contributed by atoms with E-state index in [4.69, 9.17) is 15.5 Å². The van der Waals surface area contributed by atoms with Gasteiger partial charge < -0.3 is 15.0 Å². The average Bonchev–Trinajstić information content (AvgIpc) is 3.34. The monoisotopic (exact) mass is 394 g/mol. The maximum atomic E-state index is 11.9. The van der Waals surface area contributed by atoms with Gasteiger partial charge in [0.25, 0.3) is 0 Å². The molecule has 0 fully saturated rings. The van der Waals surface area contributed by atoms with Crippen LogP contribution in [0, 0.1) is 0 Å². The van der Waals surface area contributed by atoms with Gasteiger partial charge in [0.05, 0.1) is 30.3 Å². The van der Waals surface area contributed by atoms with Crippen molar-refractivity contribution >= 4 is 45.1 Å². The minimum atomic E-state index is -0.391. The topological polar surface area (TPSA) is 83.0 Å². The molecule has 144 valence electrons. The lowest BCUT2D eigenvalue weighted by Crippen LogP contribution is -2.05. The number of imidazole rings is 1. The van der Waals surface area contributed by atoms with E-state index in [0.717, 1.165) is 48.1 Å². The number of aryl methyl sites for hydroxylation is 1. The van der Waals surface area contributed by atoms with E-state index < -0.39 is 5.97 Å². The molecule has 0 unspecified atom stereocenters. The van der Waals surface area contributed by atoms with Gasteiger partial charge in [0.1, 0.15) is 11.3 Å². The van der Waals surface area contributed by atoms with Crippen LogP contribution in [0.2, 0.25) is 0 Å². The third kappa shape index (κ3) is 3.22. The number of nitrogen functional groups attached to an aromatic ring is 1. The number of fused-ring (bicyclic) bond motifs is 3. The van der Waals surface area contributed by atoms with E-state index >= 15 is 0 Å². The van der Waals surface area contributed by atoms with E-state index in [1.54, 1.807) is 23.5 Å². The normalized spacial score (nSPS) is 11.4. The maximum absolute atomic E-state index is 11.9. The standard InChI is InChI=1S/C21H22N4O2S/c1-3-4-7-17-24-18-19(25(17)12-14-6-5-10-28-14)15-9-8-13(21(26)27-2)11-16(15)23-20(18)22/h5-6,8-11H,3-4,7,12H2,1-2H3,(H2,22,23). The molecule has 0 amide bonds. The predicted octanol–water partition coefficient (Wildman–Crippen LogP) is 4.41. The zero-order valence-electron chi connectivity index (χ0n) is 15.9. The van der Waals surface area contributed by atoms with Gasteiger partial charge in [-0.05, 0) is 36.1 Å². The number of hydrogen-bond acceptors (Lipinski definition) is 6. The van der Waals surface area contributed by atoms with Gasteiger partial charge >= 0.3 is 5.97 Å². The summed E-state index contributed by atoms with van der Waals surface area (Å²) in [4.78, 5) is 22.5. The molecule has 1 aromatic carbocycles. The highest BCUT2D eigenvalue weighted by molar-refractivity contribution is 7.09. The van der Waals surface area contributed by atoms with Crippen molar-refractivity contribution in [2.45, 2.75) is 32.7 Å². The van der Waals surface area contributed by atoms with E-state index in [1.807, 2.05) is 6.07 Å². The van der Waals surface area contributed by atoms with Crippen molar-refractivity contribution in [1.82, 2.24) is 14.5 Å². The maximum Gasteiger partial charge on any atom is 0.337 e. The number of esters is 1. The third-order valence-electron chi connectivity index (χ3n) is 4.85. The molecular weight excluding hydrogens is 372 g/mol. The average molecular weight is 395 g/mol. The van der Waals surface area contributed by atoms with E-state index in [0.29, 0.717) is 16.9 Å². The Hall–Kier alpha value is -2.93. The molecule has 7 heteroatoms. The smallest absolute Gasteiger partial charge is 0.337 e. The summed E-state index contributed by atoms with van der Waals surface area (Å²) in [6.45, 7) is 2.91. The molecule has 0 saturated heterocycles. The highest BCUT2D eigenvalue weighted by atomic mass is 32.1. The Balaban J connectivity index is 1.97. The Labute approximate surface area is 167 Å². The summed E-state index contributed by atoms with van der Waals surface area (Å²) in [5.74, 6) is 1.01. The fourth-order valence-corrected chi connectivity index (χ4v) is 4.15. The number of rotatable bonds is 6. The van der Waals surface area contributed by atoms with E-state index in [9.17, 15) is 4.79 Å². The quantitative estimate of drug-likeness (QED) is 0.490. The summed E-state index contributed by atoms with van der Waals surface area (Å²) in [5.41, 5.74) is 9.08. The molecule has 0 aliphatic rings. The number of ether oxygens (including phenoxy) is 1. The van der Waals surface area contributed by atoms with Crippen LogP contribution in [0.15, 0.2) is 35.7 Å². The van der Waals surface area contributed by atoms with Gasteiger partial charge in [-0.15, -0.1) is 11.3 Å². The van der Waals surface area contributed by atoms with Crippen molar-refractivity contribution in [3.05, 3.63) is 52.0 Å². The van der Waals surface area contributed by atoms with Crippen molar-refractivity contribution < 1.29 is 9.53 Å². The van der Waals surface area contributed by atoms with Gasteiger partial charge in [-0.3, -0.25) is 0 Å². The summed E-state index contributed by atoms with van der Waals surface area (Å²) in [5, 5.41) is 3.01. The molecule has 4 rings (SSSR count). The summed E-state index contributed by atoms with van der Waals surface area (Å²) in [6.07, 6.45) is 3.04. The lowest BCUT2D eigenvalue weighted by atomic mass is 10.1. The van der Waals surface area contributed by atoms with Crippen molar-refractivity contribution in [2.75, 3.05) is 12.8 Å². The lowest BCUT2D eigenvalue weighted by Gasteiger charge is -2.10. The second-order valence-corrected chi connectivity index (χ2v) is 7.75. The number of hydrogen-bond donors (Lipinski definition) is 1. The molecule has 0 bridgehead atoms. The highest BCUT2D eigenvalue weighted by Gasteiger charge is 2.18. The van der Waals surface area contributed by atoms with Crippen molar-refractivity contribution in [2.24, 2.45) is 0 Å². The number of carbonyl (C=O) groups excluding carboxylic acids is 1. The molecule has 28 heavy (non-hydrogen) atoms. The number of benzene rings is 1. The summed E-state index contributed by atoms with van der Waals surface area (Å²) >= 11 is 1.72. The second-order valence-electron chi connectivity index (χ2n) is 6.71. The molecule has 4 aromatic rings. The lowest BCUT2D eigenvalue weighted by molar-refractivity contribution is 0.0601. The molecule has 3 aromatic heterocycles. The number of methoxy groups -OCH3 is 1. The molecule has 0 atom stereocenters. The number of anilines is 1. The Kier molecular flexibility index (Phi) is 5.00. The first-order chi connectivity index (χ1) is 13.6. The fourth-order valence-electron chi connectivity index (χ4n) is 3.46. The minimum absolute atomic E-state index is 0.382. The van der Waals surface area contributed by atoms with Gasteiger partial charge in [-0.25, -0.2) is 14.8 Å². The summed E-state index contributed by atoms with van der Waals surface area (Å²) in [7, 11) is 1.37. The molecule has 6 nitrogen and oxygen atoms in total. The Bertz CT molecular complexity index is 1150. The molecule has 0 radical (unpaired) electrons. The Morgan fingerprint density at radius 3 is 2.86 bits per heavy atom. The minimum Gasteiger partial charge on any atom is -0.465 e. The predicted molar refractivity (Wildman–Crippen MR) is 113 cm³/mol. The van der Waals surface area contributed by atoms with Gasteiger partial charge in [-0.1, -0.05) is 19.4 Å². The van der Waals surface area contributed by atoms with Crippen LogP contribution < -0.4 is 5.73 Å². The van der Waals surface area contributed by atoms with Crippen molar-refractivity contribution in [3.63, 3.8) is 0 Å². The molecule has 0 saturated carbocycles. The number of aromatic nitrogens is 3. The van der Waals surface area contributed by atoms with Gasteiger partial charge in [-0.2, -0.15) is 0 Å². The number of nitrogens with zero attached hydrogens (tertiary/aromatic N) is 3. The van der Waals surface area contributed by atoms with Crippen LogP contribution in [-0.4, -0.2) is 27.6 Å². The van der Waals surface area contributed by atoms with Crippen LogP contribution in [0.4, 0.5) is 5.82 Å². The number of thiophene rings is 1. The highest BCUT2D eigenvalue weighted by Crippen LogP contribution is 2.31. The summed E-state index contributed by atoms with van der Waals surface area (Å²) in [6, 6.07) is 9.58. The van der Waals surface area contributed by atoms with Crippen molar-refractivity contribution in [3.8, 4) is 0 Å². The van der Waals surface area contributed by atoms with Crippen molar-refractivity contribution in [1.29, 1.82) is 0 Å². The first-order valence-corrected chi connectivity index (χ1v) is 10.2. The Morgan fingerprint density at radius 2 is 2.14 bits per heavy atom. The van der Waals surface area contributed by atoms with E-state index in [2.05, 4.69) is 34.0 Å². The zero-order chi connectivity index (χ0) is 19.7. The van der Waals surface area contributed by atoms with Gasteiger partial charge in [0, 0.05) is 16.7 Å². The van der Waals surface area contributed by atoms with Gasteiger partial charge in [0.15, 0.2) is 5.82 Å². The SMILES string of the molecule is CCCCc1nc2c(N)nc3cc(C(=O)OC)ccc3c2n1Cc1cccs1. The van der Waals surface area contributed by atoms with Crippen LogP contribution in [0.5, 0.6) is 0 Å². The first-order valence-electron chi connectivity index (χ1n) is 9.31. The number of pyridine rings is 1. The second kappa shape index (κ2) is 7.59. The van der Waals surface area contributed by atoms with Crippen LogP contribution in [0.3, 0.4) is 0 Å². The van der Waals surface area contributed by atoms with Crippen LogP contribution in [0.25, 0.3) is 21.9 Å². The van der Waals surface area contributed by atoms with E-state index in [1.165, 1.54) is 12.0 Å².